The SMILES string of the molecule is CN1CCN(CC(=O)c2ccc(F)cc2F)C(=O)C1=O. The van der Waals surface area contributed by atoms with Crippen molar-refractivity contribution >= 4 is 17.6 Å². The highest BCUT2D eigenvalue weighted by molar-refractivity contribution is 6.35. The quantitative estimate of drug-likeness (QED) is 0.597. The highest BCUT2D eigenvalue weighted by atomic mass is 19.1. The van der Waals surface area contributed by atoms with E-state index in [1.807, 2.05) is 0 Å². The molecule has 2 amide bonds. The molecule has 1 saturated heterocycles. The summed E-state index contributed by atoms with van der Waals surface area (Å²) in [6.07, 6.45) is 0. The van der Waals surface area contributed by atoms with Crippen LogP contribution in [0.25, 0.3) is 0 Å². The molecule has 0 spiro atoms. The number of carbonyl (C=O) groups excluding carboxylic acids is 3. The summed E-state index contributed by atoms with van der Waals surface area (Å²) >= 11 is 0. The van der Waals surface area contributed by atoms with Crippen LogP contribution in [0.3, 0.4) is 0 Å². The van der Waals surface area contributed by atoms with Crippen LogP contribution in [0.1, 0.15) is 10.4 Å². The Morgan fingerprint density at radius 1 is 1.20 bits per heavy atom. The Hall–Kier alpha value is -2.31. The molecule has 0 atom stereocenters. The van der Waals surface area contributed by atoms with Crippen molar-refractivity contribution in [1.82, 2.24) is 9.80 Å². The van der Waals surface area contributed by atoms with Gasteiger partial charge in [-0.1, -0.05) is 0 Å². The lowest BCUT2D eigenvalue weighted by Crippen LogP contribution is -2.54. The number of piperazine rings is 1. The molecule has 1 heterocycles. The summed E-state index contributed by atoms with van der Waals surface area (Å²) in [5.41, 5.74) is -0.300. The van der Waals surface area contributed by atoms with Gasteiger partial charge < -0.3 is 9.80 Å². The van der Waals surface area contributed by atoms with E-state index >= 15 is 0 Å². The average Bonchev–Trinajstić information content (AvgIpc) is 2.39. The number of rotatable bonds is 3. The first-order valence-electron chi connectivity index (χ1n) is 5.93. The Balaban J connectivity index is 2.12. The first-order valence-corrected chi connectivity index (χ1v) is 5.93. The smallest absolute Gasteiger partial charge is 0.312 e. The van der Waals surface area contributed by atoms with Gasteiger partial charge in [0.05, 0.1) is 12.1 Å². The van der Waals surface area contributed by atoms with Gasteiger partial charge in [-0.3, -0.25) is 14.4 Å². The number of Topliss-reactive ketones (excluding diaryl/α,β-unsaturated/α-hetero) is 1. The molecule has 1 aliphatic heterocycles. The fourth-order valence-corrected chi connectivity index (χ4v) is 1.90. The van der Waals surface area contributed by atoms with Gasteiger partial charge in [-0.15, -0.1) is 0 Å². The van der Waals surface area contributed by atoms with E-state index < -0.39 is 35.8 Å². The van der Waals surface area contributed by atoms with Crippen LogP contribution in [-0.4, -0.2) is 54.1 Å². The fraction of sp³-hybridized carbons (Fsp3) is 0.308. The summed E-state index contributed by atoms with van der Waals surface area (Å²) in [5, 5.41) is 0. The van der Waals surface area contributed by atoms with Gasteiger partial charge in [-0.2, -0.15) is 0 Å². The molecule has 20 heavy (non-hydrogen) atoms. The molecule has 2 rings (SSSR count). The molecule has 7 heteroatoms. The maximum Gasteiger partial charge on any atom is 0.312 e. The van der Waals surface area contributed by atoms with Crippen molar-refractivity contribution in [2.75, 3.05) is 26.7 Å². The molecule has 0 aliphatic carbocycles. The number of carbonyl (C=O) groups is 3. The number of benzene rings is 1. The van der Waals surface area contributed by atoms with Gasteiger partial charge in [-0.05, 0) is 12.1 Å². The maximum absolute atomic E-state index is 13.5. The van der Waals surface area contributed by atoms with Crippen LogP contribution in [0.5, 0.6) is 0 Å². The zero-order valence-electron chi connectivity index (χ0n) is 10.7. The third-order valence-electron chi connectivity index (χ3n) is 3.09. The number of amides is 2. The summed E-state index contributed by atoms with van der Waals surface area (Å²) in [4.78, 5) is 37.3. The molecule has 0 radical (unpaired) electrons. The van der Waals surface area contributed by atoms with E-state index in [0.717, 1.165) is 17.0 Å². The van der Waals surface area contributed by atoms with Crippen LogP contribution in [0.4, 0.5) is 8.78 Å². The van der Waals surface area contributed by atoms with E-state index in [1.54, 1.807) is 0 Å². The van der Waals surface area contributed by atoms with E-state index in [1.165, 1.54) is 11.9 Å². The van der Waals surface area contributed by atoms with Crippen molar-refractivity contribution in [3.8, 4) is 0 Å². The summed E-state index contributed by atoms with van der Waals surface area (Å²) in [5.74, 6) is -3.95. The Kier molecular flexibility index (Phi) is 3.78. The third kappa shape index (κ3) is 2.66. The minimum Gasteiger partial charge on any atom is -0.336 e. The molecule has 0 N–H and O–H groups in total. The second-order valence-corrected chi connectivity index (χ2v) is 4.50. The minimum atomic E-state index is -0.983. The van der Waals surface area contributed by atoms with Crippen molar-refractivity contribution in [3.63, 3.8) is 0 Å². The topological polar surface area (TPSA) is 57.7 Å². The molecule has 1 aromatic rings. The van der Waals surface area contributed by atoms with Crippen molar-refractivity contribution in [2.45, 2.75) is 0 Å². The summed E-state index contributed by atoms with van der Waals surface area (Å²) in [6, 6.07) is 2.59. The second kappa shape index (κ2) is 5.36. The van der Waals surface area contributed by atoms with Crippen molar-refractivity contribution in [2.24, 2.45) is 0 Å². The van der Waals surface area contributed by atoms with Gasteiger partial charge in [0.15, 0.2) is 5.78 Å². The minimum absolute atomic E-state index is 0.204. The van der Waals surface area contributed by atoms with Crippen LogP contribution < -0.4 is 0 Å². The molecule has 0 aromatic heterocycles. The van der Waals surface area contributed by atoms with Crippen LogP contribution in [0.15, 0.2) is 18.2 Å². The van der Waals surface area contributed by atoms with Crippen LogP contribution in [0.2, 0.25) is 0 Å². The van der Waals surface area contributed by atoms with Gasteiger partial charge in [-0.25, -0.2) is 8.78 Å². The molecule has 0 saturated carbocycles. The Morgan fingerprint density at radius 2 is 1.90 bits per heavy atom. The van der Waals surface area contributed by atoms with E-state index in [-0.39, 0.29) is 12.1 Å². The van der Waals surface area contributed by atoms with Crippen molar-refractivity contribution in [1.29, 1.82) is 0 Å². The zero-order chi connectivity index (χ0) is 14.9. The summed E-state index contributed by atoms with van der Waals surface area (Å²) < 4.78 is 26.2. The largest absolute Gasteiger partial charge is 0.336 e. The number of hydrogen-bond acceptors (Lipinski definition) is 3. The van der Waals surface area contributed by atoms with Gasteiger partial charge >= 0.3 is 11.8 Å². The Morgan fingerprint density at radius 3 is 2.55 bits per heavy atom. The molecule has 1 aliphatic rings. The lowest BCUT2D eigenvalue weighted by atomic mass is 10.1. The van der Waals surface area contributed by atoms with Gasteiger partial charge in [0.1, 0.15) is 11.6 Å². The Labute approximate surface area is 113 Å². The van der Waals surface area contributed by atoms with Crippen LogP contribution >= 0.6 is 0 Å². The van der Waals surface area contributed by atoms with Gasteiger partial charge in [0.2, 0.25) is 0 Å². The molecular weight excluding hydrogens is 270 g/mol. The molecule has 0 unspecified atom stereocenters. The molecule has 1 fully saturated rings. The van der Waals surface area contributed by atoms with E-state index in [4.69, 9.17) is 0 Å². The number of likely N-dealkylation sites (N-methyl/N-ethyl adjacent to an activating group) is 1. The number of ketones is 1. The predicted molar refractivity (Wildman–Crippen MR) is 64.9 cm³/mol. The number of nitrogens with zero attached hydrogens (tertiary/aromatic N) is 2. The number of halogens is 2. The maximum atomic E-state index is 13.5. The van der Waals surface area contributed by atoms with Crippen LogP contribution in [-0.2, 0) is 9.59 Å². The average molecular weight is 282 g/mol. The summed E-state index contributed by atoms with van der Waals surface area (Å²) in [6.45, 7) is 0.111. The molecule has 1 aromatic carbocycles. The Bertz CT molecular complexity index is 589. The first kappa shape index (κ1) is 14.1. The highest BCUT2D eigenvalue weighted by Gasteiger charge is 2.31. The first-order chi connectivity index (χ1) is 9.40. The van der Waals surface area contributed by atoms with Gasteiger partial charge in [0, 0.05) is 26.2 Å². The molecule has 106 valence electrons. The second-order valence-electron chi connectivity index (χ2n) is 4.50. The monoisotopic (exact) mass is 282 g/mol. The van der Waals surface area contributed by atoms with Crippen molar-refractivity contribution in [3.05, 3.63) is 35.4 Å². The molecular formula is C13H12F2N2O3. The van der Waals surface area contributed by atoms with E-state index in [9.17, 15) is 23.2 Å². The third-order valence-corrected chi connectivity index (χ3v) is 3.09. The lowest BCUT2D eigenvalue weighted by Gasteiger charge is -2.30. The van der Waals surface area contributed by atoms with Crippen molar-refractivity contribution < 1.29 is 23.2 Å². The lowest BCUT2D eigenvalue weighted by molar-refractivity contribution is -0.154. The fourth-order valence-electron chi connectivity index (χ4n) is 1.90. The van der Waals surface area contributed by atoms with E-state index in [0.29, 0.717) is 12.6 Å². The molecule has 5 nitrogen and oxygen atoms in total. The van der Waals surface area contributed by atoms with Crippen LogP contribution in [0, 0.1) is 11.6 Å². The molecule has 0 bridgehead atoms. The van der Waals surface area contributed by atoms with Gasteiger partial charge in [0.25, 0.3) is 0 Å². The normalized spacial score (nSPS) is 15.8. The predicted octanol–water partition coefficient (Wildman–Crippen LogP) is 0.448. The zero-order valence-corrected chi connectivity index (χ0v) is 10.7. The summed E-state index contributed by atoms with van der Waals surface area (Å²) in [7, 11) is 1.49. The number of hydrogen-bond donors (Lipinski definition) is 0. The van der Waals surface area contributed by atoms with E-state index in [2.05, 4.69) is 0 Å². The standard InChI is InChI=1S/C13H12F2N2O3/c1-16-4-5-17(13(20)12(16)19)7-11(18)9-3-2-8(14)6-10(9)15/h2-3,6H,4-5,7H2,1H3. The highest BCUT2D eigenvalue weighted by Crippen LogP contribution is 2.12.